The van der Waals surface area contributed by atoms with Gasteiger partial charge in [0.1, 0.15) is 0 Å². The Kier molecular flexibility index (Phi) is 4.70. The monoisotopic (exact) mass is 279 g/mol. The zero-order chi connectivity index (χ0) is 15.2. The van der Waals surface area contributed by atoms with Crippen molar-refractivity contribution in [2.45, 2.75) is 13.8 Å². The molecule has 1 aromatic carbocycles. The number of pyridine rings is 1. The summed E-state index contributed by atoms with van der Waals surface area (Å²) in [4.78, 5) is 16.6. The Morgan fingerprint density at radius 3 is 2.81 bits per heavy atom. The van der Waals surface area contributed by atoms with Gasteiger partial charge in [0, 0.05) is 16.8 Å². The van der Waals surface area contributed by atoms with Gasteiger partial charge in [-0.05, 0) is 44.2 Å². The Morgan fingerprint density at radius 1 is 1.29 bits per heavy atom. The average Bonchev–Trinajstić information content (AvgIpc) is 2.48. The summed E-state index contributed by atoms with van der Waals surface area (Å²) in [6.07, 6.45) is 0. The van der Waals surface area contributed by atoms with Crippen molar-refractivity contribution in [1.29, 1.82) is 0 Å². The molecule has 2 rings (SSSR count). The number of aryl methyl sites for hydroxylation is 2. The maximum Gasteiger partial charge on any atom is 0.255 e. The van der Waals surface area contributed by atoms with Gasteiger partial charge >= 0.3 is 0 Å². The summed E-state index contributed by atoms with van der Waals surface area (Å²) in [7, 11) is 0. The quantitative estimate of drug-likeness (QED) is 0.829. The third kappa shape index (κ3) is 3.91. The normalized spacial score (nSPS) is 9.67. The number of rotatable bonds is 2. The molecule has 106 valence electrons. The lowest BCUT2D eigenvalue weighted by Gasteiger charge is -2.08. The van der Waals surface area contributed by atoms with Crippen molar-refractivity contribution in [2.75, 3.05) is 11.9 Å². The third-order valence-corrected chi connectivity index (χ3v) is 2.93. The topological polar surface area (TPSA) is 68.0 Å². The second-order valence-corrected chi connectivity index (χ2v) is 4.63. The first-order chi connectivity index (χ1) is 10.1. The number of nitrogens with one attached hydrogen (secondary N) is 1. The molecule has 0 aliphatic rings. The molecule has 2 aromatic rings. The van der Waals surface area contributed by atoms with Gasteiger partial charge in [0.25, 0.3) is 5.91 Å². The standard InChI is InChI=1S/C17H17N3O/c1-12-8-9-16(13(2)19-12)20-17(21)15-7-3-5-14(11-15)6-4-10-18/h3,5,7-9,11H,10,18H2,1-2H3,(H,20,21). The van der Waals surface area contributed by atoms with Crippen molar-refractivity contribution in [3.63, 3.8) is 0 Å². The van der Waals surface area contributed by atoms with Gasteiger partial charge in [-0.2, -0.15) is 0 Å². The summed E-state index contributed by atoms with van der Waals surface area (Å²) >= 11 is 0. The highest BCUT2D eigenvalue weighted by molar-refractivity contribution is 6.04. The molecule has 0 fully saturated rings. The van der Waals surface area contributed by atoms with Crippen LogP contribution in [-0.4, -0.2) is 17.4 Å². The number of hydrogen-bond acceptors (Lipinski definition) is 3. The Bertz CT molecular complexity index is 726. The van der Waals surface area contributed by atoms with Crippen LogP contribution in [0.15, 0.2) is 36.4 Å². The van der Waals surface area contributed by atoms with Crippen molar-refractivity contribution in [3.8, 4) is 11.8 Å². The van der Waals surface area contributed by atoms with E-state index >= 15 is 0 Å². The van der Waals surface area contributed by atoms with E-state index in [1.807, 2.05) is 32.0 Å². The first kappa shape index (κ1) is 14.8. The molecule has 1 amide bonds. The number of aromatic nitrogens is 1. The summed E-state index contributed by atoms with van der Waals surface area (Å²) in [5, 5.41) is 2.86. The van der Waals surface area contributed by atoms with Crippen molar-refractivity contribution < 1.29 is 4.79 Å². The van der Waals surface area contributed by atoms with E-state index in [0.717, 1.165) is 17.0 Å². The van der Waals surface area contributed by atoms with E-state index in [0.29, 0.717) is 17.8 Å². The summed E-state index contributed by atoms with van der Waals surface area (Å²) < 4.78 is 0. The molecule has 0 saturated carbocycles. The molecule has 0 saturated heterocycles. The van der Waals surface area contributed by atoms with Crippen LogP contribution < -0.4 is 11.1 Å². The molecule has 1 heterocycles. The van der Waals surface area contributed by atoms with Crippen LogP contribution in [0.5, 0.6) is 0 Å². The average molecular weight is 279 g/mol. The molecular formula is C17H17N3O. The Labute approximate surface area is 124 Å². The van der Waals surface area contributed by atoms with Gasteiger partial charge in [0.2, 0.25) is 0 Å². The van der Waals surface area contributed by atoms with Gasteiger partial charge in [-0.15, -0.1) is 0 Å². The first-order valence-corrected chi connectivity index (χ1v) is 6.65. The van der Waals surface area contributed by atoms with Crippen LogP contribution in [0.4, 0.5) is 5.69 Å². The van der Waals surface area contributed by atoms with Gasteiger partial charge in [-0.3, -0.25) is 9.78 Å². The smallest absolute Gasteiger partial charge is 0.255 e. The molecular weight excluding hydrogens is 262 g/mol. The molecule has 0 aliphatic heterocycles. The summed E-state index contributed by atoms with van der Waals surface area (Å²) in [6.45, 7) is 4.08. The molecule has 0 bridgehead atoms. The number of benzene rings is 1. The largest absolute Gasteiger partial charge is 0.320 e. The van der Waals surface area contributed by atoms with Crippen LogP contribution in [0.2, 0.25) is 0 Å². The molecule has 0 aliphatic carbocycles. The van der Waals surface area contributed by atoms with E-state index < -0.39 is 0 Å². The highest BCUT2D eigenvalue weighted by Gasteiger charge is 2.08. The molecule has 0 atom stereocenters. The van der Waals surface area contributed by atoms with Gasteiger partial charge in [-0.1, -0.05) is 17.9 Å². The maximum absolute atomic E-state index is 12.3. The number of nitrogens with two attached hydrogens (primary N) is 1. The number of carbonyl (C=O) groups is 1. The fourth-order valence-electron chi connectivity index (χ4n) is 1.90. The minimum atomic E-state index is -0.180. The highest BCUT2D eigenvalue weighted by Crippen LogP contribution is 2.14. The fraction of sp³-hybridized carbons (Fsp3) is 0.176. The minimum absolute atomic E-state index is 0.180. The van der Waals surface area contributed by atoms with Gasteiger partial charge < -0.3 is 11.1 Å². The number of anilines is 1. The van der Waals surface area contributed by atoms with E-state index in [1.54, 1.807) is 18.2 Å². The lowest BCUT2D eigenvalue weighted by atomic mass is 10.1. The Morgan fingerprint density at radius 2 is 2.10 bits per heavy atom. The van der Waals surface area contributed by atoms with Gasteiger partial charge in [0.05, 0.1) is 17.9 Å². The maximum atomic E-state index is 12.3. The zero-order valence-corrected chi connectivity index (χ0v) is 12.1. The van der Waals surface area contributed by atoms with Crippen LogP contribution >= 0.6 is 0 Å². The van der Waals surface area contributed by atoms with Crippen LogP contribution in [0.25, 0.3) is 0 Å². The van der Waals surface area contributed by atoms with E-state index in [2.05, 4.69) is 22.1 Å². The molecule has 4 heteroatoms. The molecule has 21 heavy (non-hydrogen) atoms. The Hall–Kier alpha value is -2.64. The lowest BCUT2D eigenvalue weighted by Crippen LogP contribution is -2.13. The van der Waals surface area contributed by atoms with Crippen molar-refractivity contribution in [2.24, 2.45) is 5.73 Å². The molecule has 1 aromatic heterocycles. The van der Waals surface area contributed by atoms with Gasteiger partial charge in [0.15, 0.2) is 0 Å². The number of hydrogen-bond donors (Lipinski definition) is 2. The van der Waals surface area contributed by atoms with Crippen LogP contribution in [0.1, 0.15) is 27.3 Å². The van der Waals surface area contributed by atoms with Crippen LogP contribution in [-0.2, 0) is 0 Å². The number of amides is 1. The second kappa shape index (κ2) is 6.69. The Balaban J connectivity index is 2.20. The summed E-state index contributed by atoms with van der Waals surface area (Å²) in [5.74, 6) is 5.51. The first-order valence-electron chi connectivity index (χ1n) is 6.65. The van der Waals surface area contributed by atoms with Gasteiger partial charge in [-0.25, -0.2) is 0 Å². The molecule has 0 radical (unpaired) electrons. The van der Waals surface area contributed by atoms with Crippen LogP contribution in [0.3, 0.4) is 0 Å². The second-order valence-electron chi connectivity index (χ2n) is 4.63. The van der Waals surface area contributed by atoms with E-state index in [1.165, 1.54) is 0 Å². The van der Waals surface area contributed by atoms with Crippen molar-refractivity contribution in [3.05, 3.63) is 58.9 Å². The summed E-state index contributed by atoms with van der Waals surface area (Å²) in [5.41, 5.74) is 9.10. The fourth-order valence-corrected chi connectivity index (χ4v) is 1.90. The van der Waals surface area contributed by atoms with E-state index in [-0.39, 0.29) is 5.91 Å². The predicted octanol–water partition coefficient (Wildman–Crippen LogP) is 2.26. The number of carbonyl (C=O) groups excluding carboxylic acids is 1. The zero-order valence-electron chi connectivity index (χ0n) is 12.1. The lowest BCUT2D eigenvalue weighted by molar-refractivity contribution is 0.102. The molecule has 3 N–H and O–H groups in total. The van der Waals surface area contributed by atoms with E-state index in [4.69, 9.17) is 5.73 Å². The van der Waals surface area contributed by atoms with Crippen LogP contribution in [0, 0.1) is 25.7 Å². The number of nitrogens with zero attached hydrogens (tertiary/aromatic N) is 1. The van der Waals surface area contributed by atoms with Crippen molar-refractivity contribution >= 4 is 11.6 Å². The molecule has 0 unspecified atom stereocenters. The predicted molar refractivity (Wildman–Crippen MR) is 84.0 cm³/mol. The SMILES string of the molecule is Cc1ccc(NC(=O)c2cccc(C#CCN)c2)c(C)n1. The molecule has 4 nitrogen and oxygen atoms in total. The van der Waals surface area contributed by atoms with Crippen molar-refractivity contribution in [1.82, 2.24) is 4.98 Å². The third-order valence-electron chi connectivity index (χ3n) is 2.93. The minimum Gasteiger partial charge on any atom is -0.320 e. The highest BCUT2D eigenvalue weighted by atomic mass is 16.1. The molecule has 0 spiro atoms. The summed E-state index contributed by atoms with van der Waals surface area (Å²) in [6, 6.07) is 10.9. The van der Waals surface area contributed by atoms with E-state index in [9.17, 15) is 4.79 Å².